The average molecular weight is 276 g/mol. The van der Waals surface area contributed by atoms with E-state index >= 15 is 0 Å². The molecule has 0 spiro atoms. The summed E-state index contributed by atoms with van der Waals surface area (Å²) >= 11 is 0. The van der Waals surface area contributed by atoms with Crippen LogP contribution in [0.1, 0.15) is 32.3 Å². The van der Waals surface area contributed by atoms with Gasteiger partial charge in [0.05, 0.1) is 6.61 Å². The highest BCUT2D eigenvalue weighted by atomic mass is 16.3. The lowest BCUT2D eigenvalue weighted by Crippen LogP contribution is -2.44. The number of hydrogen-bond donors (Lipinski definition) is 3. The van der Waals surface area contributed by atoms with Crippen LogP contribution in [-0.2, 0) is 11.4 Å². The first kappa shape index (κ1) is 15.0. The monoisotopic (exact) mass is 276 g/mol. The second-order valence-corrected chi connectivity index (χ2v) is 6.07. The zero-order chi connectivity index (χ0) is 14.6. The van der Waals surface area contributed by atoms with Gasteiger partial charge in [-0.2, -0.15) is 0 Å². The van der Waals surface area contributed by atoms with Crippen molar-refractivity contribution in [3.05, 3.63) is 29.8 Å². The minimum Gasteiger partial charge on any atom is -0.392 e. The van der Waals surface area contributed by atoms with Crippen LogP contribution in [0.2, 0.25) is 0 Å². The van der Waals surface area contributed by atoms with E-state index in [1.807, 2.05) is 38.1 Å². The fourth-order valence-corrected chi connectivity index (χ4v) is 2.64. The fourth-order valence-electron chi connectivity index (χ4n) is 2.64. The summed E-state index contributed by atoms with van der Waals surface area (Å²) in [6.45, 7) is 6.01. The minimum atomic E-state index is -0.386. The van der Waals surface area contributed by atoms with Crippen molar-refractivity contribution in [2.45, 2.75) is 33.3 Å². The quantitative estimate of drug-likeness (QED) is 0.789. The number of nitrogens with one attached hydrogen (secondary N) is 2. The molecule has 1 saturated heterocycles. The Balaban J connectivity index is 2.01. The summed E-state index contributed by atoms with van der Waals surface area (Å²) in [7, 11) is 0. The lowest BCUT2D eigenvalue weighted by Gasteiger charge is -2.36. The predicted octanol–water partition coefficient (Wildman–Crippen LogP) is 2.14. The molecule has 4 heteroatoms. The molecule has 1 aromatic rings. The van der Waals surface area contributed by atoms with E-state index in [2.05, 4.69) is 10.6 Å². The van der Waals surface area contributed by atoms with Gasteiger partial charge in [-0.1, -0.05) is 26.0 Å². The second kappa shape index (κ2) is 6.37. The van der Waals surface area contributed by atoms with Gasteiger partial charge in [0.15, 0.2) is 0 Å². The van der Waals surface area contributed by atoms with E-state index in [1.54, 1.807) is 0 Å². The first-order valence-corrected chi connectivity index (χ1v) is 7.26. The van der Waals surface area contributed by atoms with Crippen molar-refractivity contribution in [3.63, 3.8) is 0 Å². The fraction of sp³-hybridized carbons (Fsp3) is 0.562. The predicted molar refractivity (Wildman–Crippen MR) is 80.4 cm³/mol. The van der Waals surface area contributed by atoms with Gasteiger partial charge >= 0.3 is 0 Å². The molecule has 3 N–H and O–H groups in total. The van der Waals surface area contributed by atoms with E-state index in [0.717, 1.165) is 37.2 Å². The van der Waals surface area contributed by atoms with E-state index in [-0.39, 0.29) is 17.9 Å². The molecule has 1 unspecified atom stereocenters. The minimum absolute atomic E-state index is 0.0213. The van der Waals surface area contributed by atoms with Gasteiger partial charge in [-0.15, -0.1) is 0 Å². The van der Waals surface area contributed by atoms with Crippen molar-refractivity contribution in [2.24, 2.45) is 11.3 Å². The number of aliphatic hydroxyl groups excluding tert-OH is 1. The van der Waals surface area contributed by atoms with Crippen LogP contribution in [0.3, 0.4) is 0 Å². The van der Waals surface area contributed by atoms with E-state index in [0.29, 0.717) is 5.92 Å². The Morgan fingerprint density at radius 2 is 2.10 bits per heavy atom. The number of piperidine rings is 1. The summed E-state index contributed by atoms with van der Waals surface area (Å²) in [6, 6.07) is 7.31. The van der Waals surface area contributed by atoms with Gasteiger partial charge in [-0.3, -0.25) is 4.79 Å². The van der Waals surface area contributed by atoms with Gasteiger partial charge in [0.1, 0.15) is 0 Å². The summed E-state index contributed by atoms with van der Waals surface area (Å²) in [5, 5.41) is 15.4. The molecule has 1 aliphatic heterocycles. The zero-order valence-corrected chi connectivity index (χ0v) is 12.3. The molecule has 0 radical (unpaired) electrons. The van der Waals surface area contributed by atoms with Crippen LogP contribution in [0.5, 0.6) is 0 Å². The molecule has 1 fully saturated rings. The van der Waals surface area contributed by atoms with E-state index in [4.69, 9.17) is 5.11 Å². The van der Waals surface area contributed by atoms with Crippen LogP contribution in [0.25, 0.3) is 0 Å². The molecule has 1 heterocycles. The molecular formula is C16H24N2O2. The summed E-state index contributed by atoms with van der Waals surface area (Å²) in [4.78, 5) is 12.5. The second-order valence-electron chi connectivity index (χ2n) is 6.07. The molecule has 1 amide bonds. The van der Waals surface area contributed by atoms with Crippen LogP contribution in [0.15, 0.2) is 24.3 Å². The maximum absolute atomic E-state index is 12.5. The van der Waals surface area contributed by atoms with Gasteiger partial charge in [0.25, 0.3) is 0 Å². The number of carbonyl (C=O) groups excluding carboxylic acids is 1. The van der Waals surface area contributed by atoms with E-state index < -0.39 is 0 Å². The molecular weight excluding hydrogens is 252 g/mol. The van der Waals surface area contributed by atoms with Gasteiger partial charge in [-0.25, -0.2) is 0 Å². The van der Waals surface area contributed by atoms with Crippen molar-refractivity contribution in [1.82, 2.24) is 5.32 Å². The van der Waals surface area contributed by atoms with Gasteiger partial charge < -0.3 is 15.7 Å². The number of carbonyl (C=O) groups is 1. The van der Waals surface area contributed by atoms with Crippen LogP contribution in [0.4, 0.5) is 5.69 Å². The van der Waals surface area contributed by atoms with Crippen molar-refractivity contribution in [3.8, 4) is 0 Å². The molecule has 110 valence electrons. The number of aliphatic hydroxyl groups is 1. The standard InChI is InChI=1S/C16H24N2O2/c1-16(2,13-4-3-9-17-10-13)15(20)18-14-7-5-12(11-19)6-8-14/h5-8,13,17,19H,3-4,9-11H2,1-2H3,(H,18,20). The summed E-state index contributed by atoms with van der Waals surface area (Å²) in [5.74, 6) is 0.427. The first-order chi connectivity index (χ1) is 9.54. The zero-order valence-electron chi connectivity index (χ0n) is 12.3. The average Bonchev–Trinajstić information content (AvgIpc) is 2.49. The Labute approximate surface area is 120 Å². The van der Waals surface area contributed by atoms with Crippen LogP contribution in [0, 0.1) is 11.3 Å². The number of anilines is 1. The van der Waals surface area contributed by atoms with Crippen molar-refractivity contribution >= 4 is 11.6 Å². The molecule has 1 aromatic carbocycles. The van der Waals surface area contributed by atoms with Gasteiger partial charge in [0.2, 0.25) is 5.91 Å². The lowest BCUT2D eigenvalue weighted by molar-refractivity contribution is -0.127. The largest absolute Gasteiger partial charge is 0.392 e. The highest BCUT2D eigenvalue weighted by molar-refractivity contribution is 5.95. The molecule has 0 saturated carbocycles. The number of benzene rings is 1. The maximum Gasteiger partial charge on any atom is 0.230 e. The Bertz CT molecular complexity index is 448. The lowest BCUT2D eigenvalue weighted by atomic mass is 9.74. The molecule has 0 aromatic heterocycles. The maximum atomic E-state index is 12.5. The molecule has 1 aliphatic rings. The summed E-state index contributed by atoms with van der Waals surface area (Å²) in [6.07, 6.45) is 2.23. The summed E-state index contributed by atoms with van der Waals surface area (Å²) < 4.78 is 0. The Kier molecular flexibility index (Phi) is 4.78. The van der Waals surface area contributed by atoms with Crippen LogP contribution >= 0.6 is 0 Å². The smallest absolute Gasteiger partial charge is 0.230 e. The Morgan fingerprint density at radius 1 is 1.40 bits per heavy atom. The highest BCUT2D eigenvalue weighted by Gasteiger charge is 2.37. The molecule has 1 atom stereocenters. The number of amides is 1. The first-order valence-electron chi connectivity index (χ1n) is 7.26. The SMILES string of the molecule is CC(C)(C(=O)Nc1ccc(CO)cc1)C1CCCNC1. The van der Waals surface area contributed by atoms with Gasteiger partial charge in [0, 0.05) is 11.1 Å². The molecule has 2 rings (SSSR count). The molecule has 20 heavy (non-hydrogen) atoms. The van der Waals surface area contributed by atoms with E-state index in [9.17, 15) is 4.79 Å². The van der Waals surface area contributed by atoms with Crippen molar-refractivity contribution in [1.29, 1.82) is 0 Å². The summed E-state index contributed by atoms with van der Waals surface area (Å²) in [5.41, 5.74) is 1.24. The third-order valence-electron chi connectivity index (χ3n) is 4.30. The molecule has 0 aliphatic carbocycles. The third-order valence-corrected chi connectivity index (χ3v) is 4.30. The molecule has 4 nitrogen and oxygen atoms in total. The highest BCUT2D eigenvalue weighted by Crippen LogP contribution is 2.33. The number of rotatable bonds is 4. The topological polar surface area (TPSA) is 61.4 Å². The Hall–Kier alpha value is -1.39. The third kappa shape index (κ3) is 3.38. The normalized spacial score (nSPS) is 19.6. The van der Waals surface area contributed by atoms with Crippen molar-refractivity contribution in [2.75, 3.05) is 18.4 Å². The Morgan fingerprint density at radius 3 is 2.65 bits per heavy atom. The van der Waals surface area contributed by atoms with Crippen LogP contribution in [-0.4, -0.2) is 24.1 Å². The molecule has 0 bridgehead atoms. The number of hydrogen-bond acceptors (Lipinski definition) is 3. The van der Waals surface area contributed by atoms with Crippen molar-refractivity contribution < 1.29 is 9.90 Å². The van der Waals surface area contributed by atoms with Crippen LogP contribution < -0.4 is 10.6 Å². The van der Waals surface area contributed by atoms with Gasteiger partial charge in [-0.05, 0) is 49.5 Å². The van der Waals surface area contributed by atoms with E-state index in [1.165, 1.54) is 0 Å².